The number of thioether (sulfide) groups is 1. The molecule has 1 unspecified atom stereocenters. The van der Waals surface area contributed by atoms with Gasteiger partial charge in [-0.1, -0.05) is 23.4 Å². The monoisotopic (exact) mass is 401 g/mol. The zero-order valence-corrected chi connectivity index (χ0v) is 14.7. The molecular weight excluding hydrogens is 391 g/mol. The van der Waals surface area contributed by atoms with Crippen LogP contribution in [-0.4, -0.2) is 30.7 Å². The molecule has 1 N–H and O–H groups in total. The Balaban J connectivity index is 1.75. The quantitative estimate of drug-likeness (QED) is 0.671. The van der Waals surface area contributed by atoms with Crippen molar-refractivity contribution in [1.29, 1.82) is 0 Å². The van der Waals surface area contributed by atoms with E-state index in [4.69, 9.17) is 11.6 Å². The van der Waals surface area contributed by atoms with Crippen LogP contribution < -0.4 is 5.32 Å². The number of rotatable bonds is 4. The largest absolute Gasteiger partial charge is 0.418 e. The average Bonchev–Trinajstić information content (AvgIpc) is 2.97. The predicted molar refractivity (Wildman–Crippen MR) is 91.2 cm³/mol. The van der Waals surface area contributed by atoms with Crippen LogP contribution in [0.15, 0.2) is 41.8 Å². The first-order valence-corrected chi connectivity index (χ1v) is 8.51. The number of carbonyl (C=O) groups excluding carboxylic acids is 1. The Morgan fingerprint density at radius 1 is 1.38 bits per heavy atom. The van der Waals surface area contributed by atoms with Gasteiger partial charge in [-0.25, -0.2) is 9.50 Å². The molecule has 136 valence electrons. The number of aromatic nitrogens is 4. The summed E-state index contributed by atoms with van der Waals surface area (Å²) in [6.45, 7) is 1.54. The molecule has 0 aliphatic rings. The fourth-order valence-corrected chi connectivity index (χ4v) is 2.99. The molecule has 26 heavy (non-hydrogen) atoms. The molecule has 0 aliphatic heterocycles. The third kappa shape index (κ3) is 4.07. The lowest BCUT2D eigenvalue weighted by Gasteiger charge is -2.16. The lowest BCUT2D eigenvalue weighted by atomic mass is 10.1. The summed E-state index contributed by atoms with van der Waals surface area (Å²) in [5, 5.41) is 5.91. The van der Waals surface area contributed by atoms with Crippen LogP contribution in [0.1, 0.15) is 12.5 Å². The normalized spacial score (nSPS) is 13.0. The summed E-state index contributed by atoms with van der Waals surface area (Å²) in [4.78, 5) is 20.4. The van der Waals surface area contributed by atoms with E-state index in [1.165, 1.54) is 10.6 Å². The van der Waals surface area contributed by atoms with Gasteiger partial charge in [-0.3, -0.25) is 4.79 Å². The fraction of sp³-hybridized carbons (Fsp3) is 0.200. The highest BCUT2D eigenvalue weighted by Crippen LogP contribution is 2.36. The fourth-order valence-electron chi connectivity index (χ4n) is 2.07. The van der Waals surface area contributed by atoms with Crippen LogP contribution in [-0.2, 0) is 11.0 Å². The van der Waals surface area contributed by atoms with Gasteiger partial charge in [0.25, 0.3) is 5.78 Å². The third-order valence-electron chi connectivity index (χ3n) is 3.29. The van der Waals surface area contributed by atoms with E-state index >= 15 is 0 Å². The van der Waals surface area contributed by atoms with Gasteiger partial charge in [0.1, 0.15) is 0 Å². The summed E-state index contributed by atoms with van der Waals surface area (Å²) in [6, 6.07) is 4.84. The molecule has 1 aromatic carbocycles. The van der Waals surface area contributed by atoms with Crippen LogP contribution in [0.5, 0.6) is 0 Å². The second-order valence-electron chi connectivity index (χ2n) is 5.20. The van der Waals surface area contributed by atoms with Crippen molar-refractivity contribution in [2.24, 2.45) is 0 Å². The van der Waals surface area contributed by atoms with Crippen molar-refractivity contribution in [3.8, 4) is 0 Å². The van der Waals surface area contributed by atoms with Crippen molar-refractivity contribution in [3.05, 3.63) is 47.2 Å². The number of hydrogen-bond acceptors (Lipinski definition) is 5. The molecule has 6 nitrogen and oxygen atoms in total. The van der Waals surface area contributed by atoms with Gasteiger partial charge >= 0.3 is 6.18 Å². The number of fused-ring (bicyclic) bond motifs is 1. The smallest absolute Gasteiger partial charge is 0.325 e. The van der Waals surface area contributed by atoms with Crippen molar-refractivity contribution < 1.29 is 18.0 Å². The van der Waals surface area contributed by atoms with Crippen LogP contribution in [0, 0.1) is 0 Å². The summed E-state index contributed by atoms with van der Waals surface area (Å²) in [7, 11) is 0. The van der Waals surface area contributed by atoms with E-state index in [0.29, 0.717) is 10.9 Å². The molecule has 2 heterocycles. The summed E-state index contributed by atoms with van der Waals surface area (Å²) in [6.07, 6.45) is -1.44. The van der Waals surface area contributed by atoms with Crippen LogP contribution in [0.25, 0.3) is 5.78 Å². The van der Waals surface area contributed by atoms with E-state index in [9.17, 15) is 18.0 Å². The van der Waals surface area contributed by atoms with Gasteiger partial charge in [-0.05, 0) is 31.2 Å². The first-order chi connectivity index (χ1) is 12.2. The highest BCUT2D eigenvalue weighted by Gasteiger charge is 2.34. The number of nitrogens with zero attached hydrogens (tertiary/aromatic N) is 4. The van der Waals surface area contributed by atoms with E-state index in [-0.39, 0.29) is 10.7 Å². The number of halogens is 4. The van der Waals surface area contributed by atoms with Crippen molar-refractivity contribution in [2.75, 3.05) is 5.32 Å². The Morgan fingerprint density at radius 2 is 2.15 bits per heavy atom. The first kappa shape index (κ1) is 18.5. The Morgan fingerprint density at radius 3 is 2.85 bits per heavy atom. The number of nitrogens with one attached hydrogen (secondary N) is 1. The van der Waals surface area contributed by atoms with E-state index in [2.05, 4.69) is 20.4 Å². The minimum Gasteiger partial charge on any atom is -0.325 e. The maximum atomic E-state index is 13.1. The summed E-state index contributed by atoms with van der Waals surface area (Å²) < 4.78 is 40.7. The minimum atomic E-state index is -4.64. The summed E-state index contributed by atoms with van der Waals surface area (Å²) >= 11 is 6.64. The number of anilines is 1. The molecule has 0 saturated carbocycles. The lowest BCUT2D eigenvalue weighted by molar-refractivity contribution is -0.137. The zero-order chi connectivity index (χ0) is 18.9. The van der Waals surface area contributed by atoms with Crippen LogP contribution in [0.4, 0.5) is 18.9 Å². The third-order valence-corrected chi connectivity index (χ3v) is 4.48. The standard InChI is InChI=1S/C15H11ClF3N5OS/c1-8(26-14-22-13-20-5-2-6-24(13)23-14)12(25)21-11-4-3-9(16)7-10(11)15(17,18)19/h2-8H,1H3,(H,21,25). The van der Waals surface area contributed by atoms with Crippen molar-refractivity contribution >= 4 is 40.7 Å². The number of alkyl halides is 3. The van der Waals surface area contributed by atoms with Gasteiger partial charge in [0, 0.05) is 17.4 Å². The minimum absolute atomic E-state index is 0.0702. The van der Waals surface area contributed by atoms with Crippen molar-refractivity contribution in [1.82, 2.24) is 19.6 Å². The molecule has 0 fully saturated rings. The zero-order valence-electron chi connectivity index (χ0n) is 13.2. The van der Waals surface area contributed by atoms with E-state index < -0.39 is 22.9 Å². The first-order valence-electron chi connectivity index (χ1n) is 7.26. The van der Waals surface area contributed by atoms with Crippen LogP contribution in [0.3, 0.4) is 0 Å². The molecule has 0 bridgehead atoms. The maximum Gasteiger partial charge on any atom is 0.418 e. The van der Waals surface area contributed by atoms with Gasteiger partial charge in [-0.15, -0.1) is 5.10 Å². The Bertz CT molecular complexity index is 929. The average molecular weight is 402 g/mol. The molecule has 1 atom stereocenters. The molecule has 0 spiro atoms. The van der Waals surface area contributed by atoms with E-state index in [1.54, 1.807) is 25.4 Å². The molecule has 11 heteroatoms. The Labute approximate surface area is 154 Å². The molecule has 0 saturated heterocycles. The maximum absolute atomic E-state index is 13.1. The topological polar surface area (TPSA) is 72.2 Å². The summed E-state index contributed by atoms with van der Waals surface area (Å²) in [5.41, 5.74) is -1.37. The van der Waals surface area contributed by atoms with Crippen LogP contribution >= 0.6 is 23.4 Å². The van der Waals surface area contributed by atoms with Crippen LogP contribution in [0.2, 0.25) is 5.02 Å². The van der Waals surface area contributed by atoms with E-state index in [1.807, 2.05) is 0 Å². The number of carbonyl (C=O) groups is 1. The van der Waals surface area contributed by atoms with E-state index in [0.717, 1.165) is 23.9 Å². The van der Waals surface area contributed by atoms with Gasteiger partial charge < -0.3 is 5.32 Å². The molecule has 3 aromatic rings. The summed E-state index contributed by atoms with van der Waals surface area (Å²) in [5.74, 6) is -0.255. The van der Waals surface area contributed by atoms with Gasteiger partial charge in [0.05, 0.1) is 16.5 Å². The molecule has 2 aromatic heterocycles. The molecular formula is C15H11ClF3N5OS. The molecule has 0 aliphatic carbocycles. The second kappa shape index (κ2) is 7.12. The highest BCUT2D eigenvalue weighted by molar-refractivity contribution is 8.00. The number of amides is 1. The molecule has 0 radical (unpaired) electrons. The predicted octanol–water partition coefficient (Wildman–Crippen LogP) is 3.92. The molecule has 3 rings (SSSR count). The second-order valence-corrected chi connectivity index (χ2v) is 6.94. The lowest BCUT2D eigenvalue weighted by Crippen LogP contribution is -2.24. The molecule has 1 amide bonds. The highest BCUT2D eigenvalue weighted by atomic mass is 35.5. The Kier molecular flexibility index (Phi) is 5.05. The number of hydrogen-bond donors (Lipinski definition) is 1. The van der Waals surface area contributed by atoms with Crippen molar-refractivity contribution in [2.45, 2.75) is 23.5 Å². The Hall–Kier alpha value is -2.33. The SMILES string of the molecule is CC(Sc1nc2ncccn2n1)C(=O)Nc1ccc(Cl)cc1C(F)(F)F. The van der Waals surface area contributed by atoms with Gasteiger partial charge in [0.15, 0.2) is 0 Å². The van der Waals surface area contributed by atoms with Gasteiger partial charge in [-0.2, -0.15) is 18.2 Å². The van der Waals surface area contributed by atoms with Crippen molar-refractivity contribution in [3.63, 3.8) is 0 Å². The number of benzene rings is 1. The van der Waals surface area contributed by atoms with Gasteiger partial charge in [0.2, 0.25) is 11.1 Å².